The van der Waals surface area contributed by atoms with Crippen molar-refractivity contribution in [3.05, 3.63) is 0 Å². The van der Waals surface area contributed by atoms with Crippen LogP contribution in [0.4, 0.5) is 0 Å². The van der Waals surface area contributed by atoms with Gasteiger partial charge < -0.3 is 15.4 Å². The summed E-state index contributed by atoms with van der Waals surface area (Å²) in [6.45, 7) is 8.98. The van der Waals surface area contributed by atoms with Crippen LogP contribution < -0.4 is 10.6 Å². The molecule has 16 heavy (non-hydrogen) atoms. The second kappa shape index (κ2) is 13.9. The molecule has 0 aromatic rings. The Labute approximate surface area is 97.9 Å². The second-order valence-corrected chi connectivity index (χ2v) is 3.14. The first kappa shape index (κ1) is 17.3. The van der Waals surface area contributed by atoms with Gasteiger partial charge in [0.05, 0.1) is 6.10 Å². The van der Waals surface area contributed by atoms with Crippen molar-refractivity contribution in [2.24, 2.45) is 0 Å². The van der Waals surface area contributed by atoms with E-state index in [9.17, 15) is 9.59 Å². The third-order valence-electron chi connectivity index (χ3n) is 1.45. The molecule has 0 radical (unpaired) electrons. The Balaban J connectivity index is 0. The minimum absolute atomic E-state index is 0.0671. The predicted molar refractivity (Wildman–Crippen MR) is 64.1 cm³/mol. The maximum Gasteiger partial charge on any atom is 0.246 e. The van der Waals surface area contributed by atoms with Gasteiger partial charge in [-0.2, -0.15) is 0 Å². The third-order valence-corrected chi connectivity index (χ3v) is 1.45. The van der Waals surface area contributed by atoms with E-state index in [1.807, 2.05) is 27.7 Å². The van der Waals surface area contributed by atoms with Crippen LogP contribution in [-0.2, 0) is 14.3 Å². The average Bonchev–Trinajstić information content (AvgIpc) is 2.29. The molecule has 0 rings (SSSR count). The Morgan fingerprint density at radius 3 is 2.44 bits per heavy atom. The van der Waals surface area contributed by atoms with Gasteiger partial charge >= 0.3 is 0 Å². The first-order valence-corrected chi connectivity index (χ1v) is 5.72. The molecule has 0 fully saturated rings. The van der Waals surface area contributed by atoms with Crippen molar-refractivity contribution in [3.63, 3.8) is 0 Å². The van der Waals surface area contributed by atoms with Gasteiger partial charge in [-0.05, 0) is 20.3 Å². The highest BCUT2D eigenvalue weighted by atomic mass is 16.5. The second-order valence-electron chi connectivity index (χ2n) is 3.14. The van der Waals surface area contributed by atoms with Gasteiger partial charge in [-0.15, -0.1) is 0 Å². The molecule has 0 saturated carbocycles. The number of amides is 2. The average molecular weight is 232 g/mol. The highest BCUT2D eigenvalue weighted by molar-refractivity contribution is 5.77. The van der Waals surface area contributed by atoms with Gasteiger partial charge in [-0.1, -0.05) is 13.8 Å². The predicted octanol–water partition coefficient (Wildman–Crippen LogP) is 0.690. The topological polar surface area (TPSA) is 67.4 Å². The SMILES string of the molecule is CC.CC(C)OCC(=O)NCCCNC=O. The molecule has 2 amide bonds. The molecule has 0 spiro atoms. The maximum absolute atomic E-state index is 11.1. The van der Waals surface area contributed by atoms with Gasteiger partial charge in [0, 0.05) is 13.1 Å². The van der Waals surface area contributed by atoms with Crippen molar-refractivity contribution in [2.75, 3.05) is 19.7 Å². The van der Waals surface area contributed by atoms with E-state index >= 15 is 0 Å². The van der Waals surface area contributed by atoms with Crippen molar-refractivity contribution < 1.29 is 14.3 Å². The molecule has 0 heterocycles. The Bertz CT molecular complexity index is 173. The summed E-state index contributed by atoms with van der Waals surface area (Å²) in [5.74, 6) is -0.121. The summed E-state index contributed by atoms with van der Waals surface area (Å²) in [6.07, 6.45) is 1.44. The Hall–Kier alpha value is -1.10. The van der Waals surface area contributed by atoms with Crippen LogP contribution in [0.2, 0.25) is 0 Å². The monoisotopic (exact) mass is 232 g/mol. The first-order valence-electron chi connectivity index (χ1n) is 5.72. The smallest absolute Gasteiger partial charge is 0.246 e. The third kappa shape index (κ3) is 15.4. The zero-order valence-electron chi connectivity index (χ0n) is 10.7. The van der Waals surface area contributed by atoms with Crippen LogP contribution in [0.5, 0.6) is 0 Å². The summed E-state index contributed by atoms with van der Waals surface area (Å²) in [7, 11) is 0. The molecule has 0 saturated heterocycles. The van der Waals surface area contributed by atoms with Crippen LogP contribution in [0.1, 0.15) is 34.1 Å². The summed E-state index contributed by atoms with van der Waals surface area (Å²) in [5, 5.41) is 5.19. The van der Waals surface area contributed by atoms with Gasteiger partial charge in [0.1, 0.15) is 6.61 Å². The molecule has 0 aromatic heterocycles. The van der Waals surface area contributed by atoms with Gasteiger partial charge in [0.25, 0.3) is 0 Å². The molecule has 0 aliphatic heterocycles. The number of carbonyl (C=O) groups is 2. The molecular formula is C11H24N2O3. The molecule has 0 aliphatic carbocycles. The van der Waals surface area contributed by atoms with Crippen LogP contribution in [0.25, 0.3) is 0 Å². The fourth-order valence-electron chi connectivity index (χ4n) is 0.771. The summed E-state index contributed by atoms with van der Waals surface area (Å²) in [4.78, 5) is 20.9. The molecule has 0 atom stereocenters. The fourth-order valence-corrected chi connectivity index (χ4v) is 0.771. The van der Waals surface area contributed by atoms with Crippen molar-refractivity contribution in [1.82, 2.24) is 10.6 Å². The number of carbonyl (C=O) groups excluding carboxylic acids is 2. The highest BCUT2D eigenvalue weighted by Crippen LogP contribution is 1.86. The fraction of sp³-hybridized carbons (Fsp3) is 0.818. The van der Waals surface area contributed by atoms with Crippen molar-refractivity contribution in [1.29, 1.82) is 0 Å². The van der Waals surface area contributed by atoms with E-state index in [1.54, 1.807) is 0 Å². The first-order chi connectivity index (χ1) is 7.66. The molecule has 5 heteroatoms. The molecule has 0 bridgehead atoms. The normalized spacial score (nSPS) is 9.06. The molecule has 2 N–H and O–H groups in total. The molecule has 0 aromatic carbocycles. The van der Waals surface area contributed by atoms with Crippen molar-refractivity contribution >= 4 is 12.3 Å². The lowest BCUT2D eigenvalue weighted by Crippen LogP contribution is -2.31. The van der Waals surface area contributed by atoms with E-state index in [4.69, 9.17) is 4.74 Å². The largest absolute Gasteiger partial charge is 0.369 e. The van der Waals surface area contributed by atoms with E-state index in [1.165, 1.54) is 0 Å². The summed E-state index contributed by atoms with van der Waals surface area (Å²) >= 11 is 0. The summed E-state index contributed by atoms with van der Waals surface area (Å²) in [6, 6.07) is 0. The van der Waals surface area contributed by atoms with Gasteiger partial charge in [0.2, 0.25) is 12.3 Å². The minimum atomic E-state index is -0.121. The van der Waals surface area contributed by atoms with Gasteiger partial charge in [-0.25, -0.2) is 0 Å². The molecule has 0 unspecified atom stereocenters. The van der Waals surface area contributed by atoms with Gasteiger partial charge in [-0.3, -0.25) is 9.59 Å². The van der Waals surface area contributed by atoms with E-state index < -0.39 is 0 Å². The molecule has 96 valence electrons. The van der Waals surface area contributed by atoms with E-state index in [0.717, 1.165) is 6.42 Å². The lowest BCUT2D eigenvalue weighted by molar-refractivity contribution is -0.127. The number of hydrogen-bond donors (Lipinski definition) is 2. The lowest BCUT2D eigenvalue weighted by Gasteiger charge is -2.07. The highest BCUT2D eigenvalue weighted by Gasteiger charge is 2.01. The van der Waals surface area contributed by atoms with Crippen LogP contribution >= 0.6 is 0 Å². The zero-order chi connectivity index (χ0) is 12.8. The standard InChI is InChI=1S/C9H18N2O3.C2H6/c1-8(2)14-6-9(13)11-5-3-4-10-7-12;1-2/h7-8H,3-6H2,1-2H3,(H,10,12)(H,11,13);1-2H3. The molecule has 5 nitrogen and oxygen atoms in total. The summed E-state index contributed by atoms with van der Waals surface area (Å²) < 4.78 is 5.10. The van der Waals surface area contributed by atoms with E-state index in [-0.39, 0.29) is 18.6 Å². The Morgan fingerprint density at radius 1 is 1.31 bits per heavy atom. The van der Waals surface area contributed by atoms with Crippen molar-refractivity contribution in [2.45, 2.75) is 40.2 Å². The Morgan fingerprint density at radius 2 is 1.94 bits per heavy atom. The lowest BCUT2D eigenvalue weighted by atomic mass is 10.4. The van der Waals surface area contributed by atoms with Crippen LogP contribution in [0.3, 0.4) is 0 Å². The molecular weight excluding hydrogens is 208 g/mol. The number of nitrogens with one attached hydrogen (secondary N) is 2. The molecule has 0 aliphatic rings. The minimum Gasteiger partial charge on any atom is -0.369 e. The van der Waals surface area contributed by atoms with Gasteiger partial charge in [0.15, 0.2) is 0 Å². The van der Waals surface area contributed by atoms with Crippen LogP contribution in [0, 0.1) is 0 Å². The van der Waals surface area contributed by atoms with Crippen LogP contribution in [-0.4, -0.2) is 38.1 Å². The quantitative estimate of drug-likeness (QED) is 0.478. The van der Waals surface area contributed by atoms with E-state index in [0.29, 0.717) is 19.5 Å². The Kier molecular flexibility index (Phi) is 15.0. The van der Waals surface area contributed by atoms with E-state index in [2.05, 4.69) is 10.6 Å². The van der Waals surface area contributed by atoms with Crippen LogP contribution in [0.15, 0.2) is 0 Å². The van der Waals surface area contributed by atoms with Crippen molar-refractivity contribution in [3.8, 4) is 0 Å². The number of ether oxygens (including phenoxy) is 1. The zero-order valence-corrected chi connectivity index (χ0v) is 10.7. The number of rotatable bonds is 8. The summed E-state index contributed by atoms with van der Waals surface area (Å²) in [5.41, 5.74) is 0. The maximum atomic E-state index is 11.1. The number of hydrogen-bond acceptors (Lipinski definition) is 3.